The first kappa shape index (κ1) is 88.0. The Kier molecular flexibility index (Phi) is 28.6. The van der Waals surface area contributed by atoms with Crippen molar-refractivity contribution in [3.63, 3.8) is 0 Å². The standard InChI is InChI=1S/C128H130N2/c1-5-9-13-17-21-39-85-127(86-40-22-18-14-10-6-2)123-90-107(96-45-31-26-32-46-96)67-80-118(123)119-81-68-108(91-124(119)127)100-61-73-112(74-62-100)129(111-51-35-28-36-52-111)113-75-63-101(64-76-113)109-69-82-120-121-83-70-110(93-126(121)128(125(120)92-109,87-41-23-19-15-11-7-3)88-42-24-20-16-12-8-4)102-65-77-115(78-66-102)130(114-71-59-98(60-72-114)95-43-29-25-30-44-95)116-79-84-117(122(94-116)103-48-33-27-34-49-103)104-56-53-99(54-57-104)106-58-55-97-47-37-38-50-105(97)89-106/h25-38,43-84,89-94H,5-24,39-42,85-88H2,1-4H3. The van der Waals surface area contributed by atoms with Crippen LogP contribution in [0.2, 0.25) is 0 Å². The Labute approximate surface area is 777 Å². The summed E-state index contributed by atoms with van der Waals surface area (Å²) < 4.78 is 0. The van der Waals surface area contributed by atoms with Crippen molar-refractivity contribution in [1.29, 1.82) is 0 Å². The van der Waals surface area contributed by atoms with Crippen molar-refractivity contribution in [3.8, 4) is 111 Å². The second kappa shape index (κ2) is 42.3. The van der Waals surface area contributed by atoms with Gasteiger partial charge in [-0.1, -0.05) is 455 Å². The third-order valence-electron chi connectivity index (χ3n) is 28.9. The molecule has 0 N–H and O–H groups in total. The van der Waals surface area contributed by atoms with Crippen LogP contribution in [0, 0.1) is 0 Å². The molecule has 16 aromatic carbocycles. The Hall–Kier alpha value is -12.6. The molecular weight excluding hydrogens is 1570 g/mol. The van der Waals surface area contributed by atoms with Crippen LogP contribution in [0.4, 0.5) is 34.1 Å². The minimum absolute atomic E-state index is 0.0428. The van der Waals surface area contributed by atoms with Crippen molar-refractivity contribution in [1.82, 2.24) is 0 Å². The molecule has 0 fully saturated rings. The maximum atomic E-state index is 2.65. The molecule has 2 heteroatoms. The van der Waals surface area contributed by atoms with Gasteiger partial charge in [0.05, 0.1) is 0 Å². The fraction of sp³-hybridized carbons (Fsp3) is 0.266. The molecule has 2 aliphatic rings. The second-order valence-corrected chi connectivity index (χ2v) is 37.4. The number of rotatable bonds is 42. The van der Waals surface area contributed by atoms with E-state index in [1.54, 1.807) is 11.1 Å². The fourth-order valence-corrected chi connectivity index (χ4v) is 21.8. The third-order valence-corrected chi connectivity index (χ3v) is 28.9. The van der Waals surface area contributed by atoms with Crippen LogP contribution in [0.5, 0.6) is 0 Å². The topological polar surface area (TPSA) is 6.48 Å². The fourth-order valence-electron chi connectivity index (χ4n) is 21.8. The summed E-state index contributed by atoms with van der Waals surface area (Å²) in [5.74, 6) is 0. The van der Waals surface area contributed by atoms with Gasteiger partial charge in [-0.25, -0.2) is 0 Å². The second-order valence-electron chi connectivity index (χ2n) is 37.4. The summed E-state index contributed by atoms with van der Waals surface area (Å²) in [6.07, 6.45) is 35.5. The number of anilines is 6. The molecule has 130 heavy (non-hydrogen) atoms. The highest BCUT2D eigenvalue weighted by Gasteiger charge is 2.45. The highest BCUT2D eigenvalue weighted by atomic mass is 15.1. The molecule has 2 nitrogen and oxygen atoms in total. The minimum atomic E-state index is -0.144. The van der Waals surface area contributed by atoms with Gasteiger partial charge in [-0.15, -0.1) is 0 Å². The largest absolute Gasteiger partial charge is 0.311 e. The number of unbranched alkanes of at least 4 members (excludes halogenated alkanes) is 20. The summed E-state index contributed by atoms with van der Waals surface area (Å²) in [7, 11) is 0. The Balaban J connectivity index is 0.665. The first-order valence-corrected chi connectivity index (χ1v) is 49.8. The Morgan fingerprint density at radius 1 is 0.154 bits per heavy atom. The molecular formula is C128H130N2. The molecule has 0 heterocycles. The van der Waals surface area contributed by atoms with Crippen molar-refractivity contribution in [3.05, 3.63) is 398 Å². The lowest BCUT2D eigenvalue weighted by molar-refractivity contribution is 0.398. The molecule has 16 aromatic rings. The van der Waals surface area contributed by atoms with Crippen LogP contribution in [-0.2, 0) is 10.8 Å². The lowest BCUT2D eigenvalue weighted by atomic mass is 9.70. The summed E-state index contributed by atoms with van der Waals surface area (Å²) in [5.41, 5.74) is 38.2. The predicted molar refractivity (Wildman–Crippen MR) is 561 cm³/mol. The maximum Gasteiger partial charge on any atom is 0.0468 e. The first-order chi connectivity index (χ1) is 64.3. The van der Waals surface area contributed by atoms with E-state index in [2.05, 4.69) is 414 Å². The molecule has 0 saturated heterocycles. The van der Waals surface area contributed by atoms with E-state index < -0.39 is 0 Å². The van der Waals surface area contributed by atoms with E-state index in [1.165, 1.54) is 300 Å². The van der Waals surface area contributed by atoms with Crippen molar-refractivity contribution in [2.45, 2.75) is 218 Å². The van der Waals surface area contributed by atoms with Gasteiger partial charge in [-0.2, -0.15) is 0 Å². The average molecular weight is 1700 g/mol. The van der Waals surface area contributed by atoms with Gasteiger partial charge in [0.1, 0.15) is 0 Å². The van der Waals surface area contributed by atoms with E-state index in [9.17, 15) is 0 Å². The Morgan fingerprint density at radius 3 is 0.754 bits per heavy atom. The highest BCUT2D eigenvalue weighted by molar-refractivity contribution is 5.94. The molecule has 2 aliphatic carbocycles. The first-order valence-electron chi connectivity index (χ1n) is 49.8. The molecule has 0 saturated carbocycles. The van der Waals surface area contributed by atoms with Crippen LogP contribution in [0.15, 0.2) is 376 Å². The summed E-state index contributed by atoms with van der Waals surface area (Å²) in [6.45, 7) is 9.36. The number of benzene rings is 16. The number of nitrogens with zero attached hydrogens (tertiary/aromatic N) is 2. The van der Waals surface area contributed by atoms with Crippen LogP contribution in [0.1, 0.15) is 230 Å². The average Bonchev–Trinajstić information content (AvgIpc) is 1.56. The molecule has 18 rings (SSSR count). The van der Waals surface area contributed by atoms with E-state index in [4.69, 9.17) is 0 Å². The summed E-state index contributed by atoms with van der Waals surface area (Å²) in [6, 6.07) is 143. The van der Waals surface area contributed by atoms with Crippen molar-refractivity contribution in [2.75, 3.05) is 9.80 Å². The smallest absolute Gasteiger partial charge is 0.0468 e. The number of fused-ring (bicyclic) bond motifs is 7. The van der Waals surface area contributed by atoms with Gasteiger partial charge in [-0.05, 0) is 273 Å². The van der Waals surface area contributed by atoms with Crippen LogP contribution < -0.4 is 9.80 Å². The monoisotopic (exact) mass is 1700 g/mol. The molecule has 0 radical (unpaired) electrons. The zero-order valence-corrected chi connectivity index (χ0v) is 77.5. The van der Waals surface area contributed by atoms with E-state index in [1.807, 2.05) is 0 Å². The summed E-state index contributed by atoms with van der Waals surface area (Å²) >= 11 is 0. The molecule has 0 bridgehead atoms. The maximum absolute atomic E-state index is 2.65. The normalized spacial score (nSPS) is 12.7. The van der Waals surface area contributed by atoms with Crippen LogP contribution in [0.25, 0.3) is 122 Å². The molecule has 0 amide bonds. The molecule has 652 valence electrons. The van der Waals surface area contributed by atoms with Gasteiger partial charge < -0.3 is 9.80 Å². The number of hydrogen-bond donors (Lipinski definition) is 0. The van der Waals surface area contributed by atoms with Gasteiger partial charge in [0.15, 0.2) is 0 Å². The van der Waals surface area contributed by atoms with Gasteiger partial charge in [0.25, 0.3) is 0 Å². The van der Waals surface area contributed by atoms with Crippen molar-refractivity contribution >= 4 is 44.9 Å². The molecule has 0 aliphatic heterocycles. The Bertz CT molecular complexity index is 6330. The van der Waals surface area contributed by atoms with E-state index in [-0.39, 0.29) is 10.8 Å². The van der Waals surface area contributed by atoms with Crippen molar-refractivity contribution < 1.29 is 0 Å². The third kappa shape index (κ3) is 19.5. The van der Waals surface area contributed by atoms with Crippen molar-refractivity contribution in [2.24, 2.45) is 0 Å². The van der Waals surface area contributed by atoms with Gasteiger partial charge >= 0.3 is 0 Å². The van der Waals surface area contributed by atoms with Crippen LogP contribution in [-0.4, -0.2) is 0 Å². The van der Waals surface area contributed by atoms with Gasteiger partial charge in [0, 0.05) is 45.0 Å². The van der Waals surface area contributed by atoms with Crippen LogP contribution in [0.3, 0.4) is 0 Å². The zero-order chi connectivity index (χ0) is 88.3. The predicted octanol–water partition coefficient (Wildman–Crippen LogP) is 38.7. The van der Waals surface area contributed by atoms with Crippen LogP contribution >= 0.6 is 0 Å². The SMILES string of the molecule is CCCCCCCCC1(CCCCCCCC)c2cc(-c3ccccc3)ccc2-c2ccc(-c3ccc(N(c4ccccc4)c4ccc(-c5ccc6c(c5)C(CCCCCCCC)(CCCCCCCC)c5cc(-c7ccc(N(c8ccc(-c9ccccc9)cc8)c8ccc(-c9ccc(-c%10ccc%11ccccc%11c%10)cc9)c(-c9ccccc9)c8)cc7)ccc5-6)cc4)cc3)cc21. The summed E-state index contributed by atoms with van der Waals surface area (Å²) in [4.78, 5) is 4.91. The zero-order valence-electron chi connectivity index (χ0n) is 77.5. The lowest BCUT2D eigenvalue weighted by Crippen LogP contribution is -2.25. The van der Waals surface area contributed by atoms with Gasteiger partial charge in [-0.3, -0.25) is 0 Å². The van der Waals surface area contributed by atoms with E-state index >= 15 is 0 Å². The highest BCUT2D eigenvalue weighted by Crippen LogP contribution is 2.59. The quantitative estimate of drug-likeness (QED) is 0.0352. The Morgan fingerprint density at radius 2 is 0.385 bits per heavy atom. The van der Waals surface area contributed by atoms with E-state index in [0.717, 1.165) is 47.0 Å². The molecule has 0 unspecified atom stereocenters. The summed E-state index contributed by atoms with van der Waals surface area (Å²) in [5, 5.41) is 2.51. The molecule has 0 aromatic heterocycles. The number of para-hydroxylation sites is 1. The van der Waals surface area contributed by atoms with E-state index in [0.29, 0.717) is 0 Å². The minimum Gasteiger partial charge on any atom is -0.311 e. The van der Waals surface area contributed by atoms with Gasteiger partial charge in [0.2, 0.25) is 0 Å². The molecule has 0 spiro atoms. The lowest BCUT2D eigenvalue weighted by Gasteiger charge is -2.33. The number of hydrogen-bond acceptors (Lipinski definition) is 2. The molecule has 0 atom stereocenters.